The van der Waals surface area contributed by atoms with Crippen molar-refractivity contribution >= 4 is 17.5 Å². The number of carbonyl (C=O) groups excluding carboxylic acids is 1. The number of aromatic hydroxyl groups is 1. The van der Waals surface area contributed by atoms with Gasteiger partial charge >= 0.3 is 0 Å². The van der Waals surface area contributed by atoms with E-state index in [2.05, 4.69) is 15.3 Å². The Hall–Kier alpha value is -3.12. The van der Waals surface area contributed by atoms with Crippen LogP contribution in [0.5, 0.6) is 5.75 Å². The third kappa shape index (κ3) is 4.17. The molecule has 0 aliphatic rings. The lowest BCUT2D eigenvalue weighted by Gasteiger charge is -2.09. The number of aromatic amines is 1. The number of nitrogens with zero attached hydrogens (tertiary/aromatic N) is 1. The molecule has 0 saturated heterocycles. The Morgan fingerprint density at radius 2 is 1.89 bits per heavy atom. The molecule has 0 aliphatic heterocycles. The highest BCUT2D eigenvalue weighted by atomic mass is 35.5. The van der Waals surface area contributed by atoms with Gasteiger partial charge in [0, 0.05) is 17.1 Å². The highest BCUT2D eigenvalue weighted by molar-refractivity contribution is 6.31. The zero-order valence-electron chi connectivity index (χ0n) is 14.8. The fourth-order valence-electron chi connectivity index (χ4n) is 2.49. The molecular formula is C20H18ClN3O3. The number of hydrogen-bond acceptors (Lipinski definition) is 4. The molecule has 0 unspecified atom stereocenters. The summed E-state index contributed by atoms with van der Waals surface area (Å²) in [6.45, 7) is 4.01. The van der Waals surface area contributed by atoms with Gasteiger partial charge in [0.05, 0.1) is 0 Å². The predicted molar refractivity (Wildman–Crippen MR) is 104 cm³/mol. The van der Waals surface area contributed by atoms with Crippen molar-refractivity contribution in [2.24, 2.45) is 0 Å². The SMILES string of the molecule is Cc1ccc(-c2nc(C(=O)NCc3ccc(C)c(Cl)c3)c(O)c(=O)[nH]2)cc1. The number of hydrogen-bond donors (Lipinski definition) is 3. The Balaban J connectivity index is 1.86. The Labute approximate surface area is 160 Å². The van der Waals surface area contributed by atoms with Crippen molar-refractivity contribution in [1.29, 1.82) is 0 Å². The molecule has 3 rings (SSSR count). The first-order valence-electron chi connectivity index (χ1n) is 8.28. The van der Waals surface area contributed by atoms with E-state index >= 15 is 0 Å². The van der Waals surface area contributed by atoms with Gasteiger partial charge in [0.25, 0.3) is 11.5 Å². The van der Waals surface area contributed by atoms with Crippen LogP contribution in [0.15, 0.2) is 47.3 Å². The number of rotatable bonds is 4. The molecule has 138 valence electrons. The van der Waals surface area contributed by atoms with E-state index in [9.17, 15) is 14.7 Å². The number of amides is 1. The van der Waals surface area contributed by atoms with Gasteiger partial charge in [-0.2, -0.15) is 0 Å². The third-order valence-electron chi connectivity index (χ3n) is 4.12. The quantitative estimate of drug-likeness (QED) is 0.643. The normalized spacial score (nSPS) is 10.6. The van der Waals surface area contributed by atoms with Gasteiger partial charge in [-0.1, -0.05) is 53.6 Å². The topological polar surface area (TPSA) is 95.1 Å². The summed E-state index contributed by atoms with van der Waals surface area (Å²) >= 11 is 6.08. The van der Waals surface area contributed by atoms with Gasteiger partial charge in [-0.3, -0.25) is 9.59 Å². The average Bonchev–Trinajstić information content (AvgIpc) is 2.65. The molecular weight excluding hydrogens is 366 g/mol. The molecule has 0 fully saturated rings. The highest BCUT2D eigenvalue weighted by Crippen LogP contribution is 2.19. The minimum absolute atomic E-state index is 0.187. The average molecular weight is 384 g/mol. The van der Waals surface area contributed by atoms with Crippen LogP contribution in [-0.4, -0.2) is 21.0 Å². The summed E-state index contributed by atoms with van der Waals surface area (Å²) in [5.74, 6) is -1.16. The fraction of sp³-hybridized carbons (Fsp3) is 0.150. The number of aromatic nitrogens is 2. The third-order valence-corrected chi connectivity index (χ3v) is 4.53. The standard InChI is InChI=1S/C20H18ClN3O3/c1-11-3-7-14(8-4-11)18-23-16(17(25)20(27)24-18)19(26)22-10-13-6-5-12(2)15(21)9-13/h3-9,25H,10H2,1-2H3,(H,22,26)(H,23,24,27). The van der Waals surface area contributed by atoms with Gasteiger partial charge in [-0.05, 0) is 31.0 Å². The largest absolute Gasteiger partial charge is 0.501 e. The summed E-state index contributed by atoms with van der Waals surface area (Å²) in [6, 6.07) is 12.7. The van der Waals surface area contributed by atoms with Crippen LogP contribution < -0.4 is 10.9 Å². The van der Waals surface area contributed by atoms with E-state index in [-0.39, 0.29) is 18.1 Å². The van der Waals surface area contributed by atoms with Crippen LogP contribution in [0.3, 0.4) is 0 Å². The van der Waals surface area contributed by atoms with Crippen LogP contribution >= 0.6 is 11.6 Å². The van der Waals surface area contributed by atoms with Crippen molar-refractivity contribution in [3.05, 3.63) is 80.2 Å². The van der Waals surface area contributed by atoms with Crippen molar-refractivity contribution in [3.8, 4) is 17.1 Å². The monoisotopic (exact) mass is 383 g/mol. The van der Waals surface area contributed by atoms with Crippen LogP contribution in [0, 0.1) is 13.8 Å². The summed E-state index contributed by atoms with van der Waals surface area (Å²) in [6.07, 6.45) is 0. The summed E-state index contributed by atoms with van der Waals surface area (Å²) < 4.78 is 0. The van der Waals surface area contributed by atoms with Gasteiger partial charge in [0.2, 0.25) is 5.75 Å². The molecule has 0 radical (unpaired) electrons. The second-order valence-electron chi connectivity index (χ2n) is 6.24. The van der Waals surface area contributed by atoms with Gasteiger partial charge in [0.15, 0.2) is 5.69 Å². The molecule has 0 aliphatic carbocycles. The molecule has 0 spiro atoms. The fourth-order valence-corrected chi connectivity index (χ4v) is 2.69. The van der Waals surface area contributed by atoms with Crippen LogP contribution in [0.1, 0.15) is 27.2 Å². The van der Waals surface area contributed by atoms with E-state index in [1.165, 1.54) is 0 Å². The minimum Gasteiger partial charge on any atom is -0.501 e. The smallest absolute Gasteiger partial charge is 0.294 e. The van der Waals surface area contributed by atoms with E-state index < -0.39 is 17.2 Å². The van der Waals surface area contributed by atoms with Gasteiger partial charge in [0.1, 0.15) is 5.82 Å². The molecule has 1 amide bonds. The molecule has 27 heavy (non-hydrogen) atoms. The molecule has 1 aromatic heterocycles. The lowest BCUT2D eigenvalue weighted by molar-refractivity contribution is 0.0942. The van der Waals surface area contributed by atoms with Crippen molar-refractivity contribution in [1.82, 2.24) is 15.3 Å². The first kappa shape index (κ1) is 18.7. The van der Waals surface area contributed by atoms with Gasteiger partial charge in [-0.15, -0.1) is 0 Å². The Morgan fingerprint density at radius 3 is 2.56 bits per heavy atom. The van der Waals surface area contributed by atoms with Crippen LogP contribution in [0.4, 0.5) is 0 Å². The number of aryl methyl sites for hydroxylation is 2. The minimum atomic E-state index is -0.774. The summed E-state index contributed by atoms with van der Waals surface area (Å²) in [5.41, 5.74) is 2.31. The maximum Gasteiger partial charge on any atom is 0.294 e. The van der Waals surface area contributed by atoms with Crippen molar-refractivity contribution in [2.75, 3.05) is 0 Å². The molecule has 0 bridgehead atoms. The van der Waals surface area contributed by atoms with Crippen LogP contribution in [0.2, 0.25) is 5.02 Å². The highest BCUT2D eigenvalue weighted by Gasteiger charge is 2.18. The number of H-pyrrole nitrogens is 1. The zero-order valence-corrected chi connectivity index (χ0v) is 15.6. The van der Waals surface area contributed by atoms with Crippen molar-refractivity contribution in [3.63, 3.8) is 0 Å². The molecule has 3 aromatic rings. The number of halogens is 1. The molecule has 1 heterocycles. The summed E-state index contributed by atoms with van der Waals surface area (Å²) in [4.78, 5) is 31.1. The predicted octanol–water partition coefficient (Wildman–Crippen LogP) is 3.34. The first-order valence-corrected chi connectivity index (χ1v) is 8.66. The molecule has 6 nitrogen and oxygen atoms in total. The zero-order chi connectivity index (χ0) is 19.6. The maximum absolute atomic E-state index is 12.5. The van der Waals surface area contributed by atoms with E-state index in [1.54, 1.807) is 18.2 Å². The van der Waals surface area contributed by atoms with E-state index in [1.807, 2.05) is 38.1 Å². The maximum atomic E-state index is 12.5. The van der Waals surface area contributed by atoms with Crippen molar-refractivity contribution < 1.29 is 9.90 Å². The Bertz CT molecular complexity index is 1060. The Kier molecular flexibility index (Phi) is 5.28. The lowest BCUT2D eigenvalue weighted by atomic mass is 10.1. The number of carbonyl (C=O) groups is 1. The van der Waals surface area contributed by atoms with E-state index in [0.717, 1.165) is 16.7 Å². The molecule has 7 heteroatoms. The lowest BCUT2D eigenvalue weighted by Crippen LogP contribution is -2.26. The molecule has 0 atom stereocenters. The number of benzene rings is 2. The summed E-state index contributed by atoms with van der Waals surface area (Å²) in [7, 11) is 0. The molecule has 3 N–H and O–H groups in total. The second-order valence-corrected chi connectivity index (χ2v) is 6.65. The van der Waals surface area contributed by atoms with Crippen LogP contribution in [0.25, 0.3) is 11.4 Å². The second kappa shape index (κ2) is 7.63. The van der Waals surface area contributed by atoms with Crippen LogP contribution in [-0.2, 0) is 6.54 Å². The Morgan fingerprint density at radius 1 is 1.19 bits per heavy atom. The summed E-state index contributed by atoms with van der Waals surface area (Å²) in [5, 5.41) is 13.2. The van der Waals surface area contributed by atoms with E-state index in [4.69, 9.17) is 11.6 Å². The van der Waals surface area contributed by atoms with Crippen molar-refractivity contribution in [2.45, 2.75) is 20.4 Å². The van der Waals surface area contributed by atoms with Gasteiger partial charge in [-0.25, -0.2) is 4.98 Å². The first-order chi connectivity index (χ1) is 12.8. The van der Waals surface area contributed by atoms with Gasteiger partial charge < -0.3 is 15.4 Å². The molecule has 0 saturated carbocycles. The number of nitrogens with one attached hydrogen (secondary N) is 2. The molecule has 2 aromatic carbocycles. The van der Waals surface area contributed by atoms with E-state index in [0.29, 0.717) is 10.6 Å².